The number of ether oxygens (including phenoxy) is 2. The van der Waals surface area contributed by atoms with Crippen LogP contribution in [0.2, 0.25) is 0 Å². The average molecular weight is 390 g/mol. The molecule has 0 spiro atoms. The smallest absolute Gasteiger partial charge is 0.410 e. The Labute approximate surface area is 160 Å². The van der Waals surface area contributed by atoms with Crippen molar-refractivity contribution >= 4 is 12.0 Å². The van der Waals surface area contributed by atoms with E-state index in [0.717, 1.165) is 0 Å². The molecule has 9 nitrogen and oxygen atoms in total. The average Bonchev–Trinajstić information content (AvgIpc) is 3.43. The molecule has 0 bridgehead atoms. The summed E-state index contributed by atoms with van der Waals surface area (Å²) in [7, 11) is 1.56. The van der Waals surface area contributed by atoms with E-state index in [1.54, 1.807) is 31.4 Å². The van der Waals surface area contributed by atoms with Crippen LogP contribution in [0, 0.1) is 0 Å². The first-order valence-corrected chi connectivity index (χ1v) is 8.85. The minimum Gasteiger partial charge on any atom is -0.497 e. The molecule has 2 aliphatic rings. The zero-order chi connectivity index (χ0) is 19.7. The summed E-state index contributed by atoms with van der Waals surface area (Å²) in [5.41, 5.74) is -1.25. The van der Waals surface area contributed by atoms with Crippen LogP contribution in [0.15, 0.2) is 28.8 Å². The maximum absolute atomic E-state index is 15.4. The predicted octanol–water partition coefficient (Wildman–Crippen LogP) is 1.59. The highest BCUT2D eigenvalue weighted by Gasteiger charge is 2.46. The number of cyclic esters (lactones) is 1. The zero-order valence-corrected chi connectivity index (χ0v) is 15.3. The molecule has 1 aromatic heterocycles. The van der Waals surface area contributed by atoms with Crippen LogP contribution in [0.1, 0.15) is 12.3 Å². The minimum absolute atomic E-state index is 0.0490. The highest BCUT2D eigenvalue weighted by Crippen LogP contribution is 2.36. The molecule has 2 aromatic rings. The molecule has 1 atom stereocenters. The predicted molar refractivity (Wildman–Crippen MR) is 93.2 cm³/mol. The summed E-state index contributed by atoms with van der Waals surface area (Å²) in [6, 6.07) is 6.99. The molecule has 3 heterocycles. The molecule has 4 rings (SSSR count). The van der Waals surface area contributed by atoms with E-state index >= 15 is 4.39 Å². The molecular weight excluding hydrogens is 371 g/mol. The lowest BCUT2D eigenvalue weighted by Gasteiger charge is -2.20. The highest BCUT2D eigenvalue weighted by molar-refractivity contribution is 5.83. The van der Waals surface area contributed by atoms with E-state index in [0.29, 0.717) is 17.9 Å². The molecule has 2 aliphatic heterocycles. The number of alkyl halides is 1. The fraction of sp³-hybridized carbons (Fsp3) is 0.444. The van der Waals surface area contributed by atoms with Gasteiger partial charge in [-0.05, 0) is 24.3 Å². The molecule has 1 aromatic carbocycles. The first kappa shape index (κ1) is 18.2. The van der Waals surface area contributed by atoms with Crippen LogP contribution in [0.4, 0.5) is 9.18 Å². The summed E-state index contributed by atoms with van der Waals surface area (Å²) in [6.07, 6.45) is -0.479. The van der Waals surface area contributed by atoms with Crippen LogP contribution in [-0.4, -0.2) is 71.8 Å². The molecular formula is C18H19FN4O5. The SMILES string of the molecule is COc1ccc(-c2noc(C3(F)CCN(C(=O)CN4CCOC4=O)C3)n2)cc1. The van der Waals surface area contributed by atoms with Gasteiger partial charge in [-0.1, -0.05) is 5.16 Å². The Morgan fingerprint density at radius 3 is 2.79 bits per heavy atom. The van der Waals surface area contributed by atoms with Crippen molar-refractivity contribution in [2.75, 3.05) is 39.9 Å². The minimum atomic E-state index is -1.92. The second-order valence-electron chi connectivity index (χ2n) is 6.72. The Kier molecular flexibility index (Phi) is 4.62. The third-order valence-electron chi connectivity index (χ3n) is 4.90. The van der Waals surface area contributed by atoms with Gasteiger partial charge in [-0.25, -0.2) is 9.18 Å². The monoisotopic (exact) mass is 390 g/mol. The standard InChI is InChI=1S/C18H19FN4O5/c1-26-13-4-2-12(3-5-13)15-20-16(28-21-15)18(19)6-7-23(11-18)14(24)10-22-8-9-27-17(22)25/h2-5H,6-11H2,1H3. The van der Waals surface area contributed by atoms with Crippen LogP contribution in [0.3, 0.4) is 0 Å². The van der Waals surface area contributed by atoms with E-state index in [2.05, 4.69) is 10.1 Å². The van der Waals surface area contributed by atoms with E-state index < -0.39 is 11.8 Å². The van der Waals surface area contributed by atoms with Crippen molar-refractivity contribution in [3.63, 3.8) is 0 Å². The first-order valence-electron chi connectivity index (χ1n) is 8.85. The van der Waals surface area contributed by atoms with E-state index in [1.807, 2.05) is 0 Å². The Balaban J connectivity index is 1.43. The number of aromatic nitrogens is 2. The van der Waals surface area contributed by atoms with E-state index in [1.165, 1.54) is 9.80 Å². The number of hydrogen-bond acceptors (Lipinski definition) is 7. The fourth-order valence-corrected chi connectivity index (χ4v) is 3.26. The van der Waals surface area contributed by atoms with E-state index in [4.69, 9.17) is 14.0 Å². The lowest BCUT2D eigenvalue weighted by molar-refractivity contribution is -0.131. The maximum Gasteiger partial charge on any atom is 0.410 e. The fourth-order valence-electron chi connectivity index (χ4n) is 3.26. The lowest BCUT2D eigenvalue weighted by atomic mass is 10.1. The van der Waals surface area contributed by atoms with Gasteiger partial charge in [0.25, 0.3) is 5.89 Å². The number of halogens is 1. The van der Waals surface area contributed by atoms with Crippen LogP contribution < -0.4 is 4.74 Å². The summed E-state index contributed by atoms with van der Waals surface area (Å²) in [4.78, 5) is 30.7. The molecule has 2 fully saturated rings. The largest absolute Gasteiger partial charge is 0.497 e. The van der Waals surface area contributed by atoms with E-state index in [-0.39, 0.29) is 50.3 Å². The van der Waals surface area contributed by atoms with Gasteiger partial charge in [0.15, 0.2) is 0 Å². The van der Waals surface area contributed by atoms with Gasteiger partial charge in [-0.15, -0.1) is 0 Å². The topological polar surface area (TPSA) is 98.0 Å². The van der Waals surface area contributed by atoms with Gasteiger partial charge < -0.3 is 18.9 Å². The number of likely N-dealkylation sites (tertiary alicyclic amines) is 1. The number of benzene rings is 1. The number of methoxy groups -OCH3 is 1. The lowest BCUT2D eigenvalue weighted by Crippen LogP contribution is -2.40. The maximum atomic E-state index is 15.4. The van der Waals surface area contributed by atoms with Crippen LogP contribution in [0.25, 0.3) is 11.4 Å². The van der Waals surface area contributed by atoms with Crippen molar-refractivity contribution in [3.05, 3.63) is 30.2 Å². The quantitative estimate of drug-likeness (QED) is 0.765. The number of carbonyl (C=O) groups is 2. The van der Waals surface area contributed by atoms with Crippen molar-refractivity contribution in [2.45, 2.75) is 12.1 Å². The Morgan fingerprint density at radius 1 is 1.32 bits per heavy atom. The number of nitrogens with zero attached hydrogens (tertiary/aromatic N) is 4. The molecule has 2 saturated heterocycles. The molecule has 2 amide bonds. The van der Waals surface area contributed by atoms with Crippen molar-refractivity contribution in [1.29, 1.82) is 0 Å². The van der Waals surface area contributed by atoms with Gasteiger partial charge in [0.1, 0.15) is 18.9 Å². The number of hydrogen-bond donors (Lipinski definition) is 0. The van der Waals surface area contributed by atoms with Gasteiger partial charge in [-0.3, -0.25) is 9.69 Å². The van der Waals surface area contributed by atoms with Crippen LogP contribution >= 0.6 is 0 Å². The summed E-state index contributed by atoms with van der Waals surface area (Å²) < 4.78 is 30.4. The summed E-state index contributed by atoms with van der Waals surface area (Å²) >= 11 is 0. The van der Waals surface area contributed by atoms with Gasteiger partial charge in [0.05, 0.1) is 20.2 Å². The molecule has 0 saturated carbocycles. The summed E-state index contributed by atoms with van der Waals surface area (Å²) in [6.45, 7) is 0.497. The molecule has 148 valence electrons. The van der Waals surface area contributed by atoms with Crippen LogP contribution in [0.5, 0.6) is 5.75 Å². The van der Waals surface area contributed by atoms with Crippen molar-refractivity contribution in [2.24, 2.45) is 0 Å². The van der Waals surface area contributed by atoms with Gasteiger partial charge in [0.2, 0.25) is 17.4 Å². The normalized spacial score (nSPS) is 21.9. The van der Waals surface area contributed by atoms with Crippen molar-refractivity contribution < 1.29 is 28.0 Å². The van der Waals surface area contributed by atoms with Crippen LogP contribution in [-0.2, 0) is 15.2 Å². The second kappa shape index (κ2) is 7.10. The zero-order valence-electron chi connectivity index (χ0n) is 15.3. The summed E-state index contributed by atoms with van der Waals surface area (Å²) in [5, 5.41) is 3.85. The van der Waals surface area contributed by atoms with Crippen molar-refractivity contribution in [3.8, 4) is 17.1 Å². The molecule has 28 heavy (non-hydrogen) atoms. The third-order valence-corrected chi connectivity index (χ3v) is 4.90. The Morgan fingerprint density at radius 2 is 2.11 bits per heavy atom. The first-order chi connectivity index (χ1) is 13.5. The highest BCUT2D eigenvalue weighted by atomic mass is 19.1. The van der Waals surface area contributed by atoms with E-state index in [9.17, 15) is 9.59 Å². The number of amides is 2. The second-order valence-corrected chi connectivity index (χ2v) is 6.72. The molecule has 10 heteroatoms. The Hall–Kier alpha value is -3.17. The Bertz CT molecular complexity index is 886. The molecule has 0 radical (unpaired) electrons. The van der Waals surface area contributed by atoms with Gasteiger partial charge >= 0.3 is 6.09 Å². The number of rotatable bonds is 5. The van der Waals surface area contributed by atoms with Gasteiger partial charge in [0, 0.05) is 18.5 Å². The van der Waals surface area contributed by atoms with Gasteiger partial charge in [-0.2, -0.15) is 4.98 Å². The summed E-state index contributed by atoms with van der Waals surface area (Å²) in [5.74, 6) is 0.447. The molecule has 1 unspecified atom stereocenters. The third kappa shape index (κ3) is 3.37. The molecule has 0 N–H and O–H groups in total. The number of carbonyl (C=O) groups excluding carboxylic acids is 2. The van der Waals surface area contributed by atoms with Crippen molar-refractivity contribution in [1.82, 2.24) is 19.9 Å². The molecule has 0 aliphatic carbocycles.